The molecule has 0 radical (unpaired) electrons. The molecule has 2 aromatic rings. The van der Waals surface area contributed by atoms with Gasteiger partial charge in [-0.1, -0.05) is 30.3 Å². The fraction of sp³-hybridized carbons (Fsp3) is 0.143. The van der Waals surface area contributed by atoms with Crippen LogP contribution in [0.2, 0.25) is 0 Å². The lowest BCUT2D eigenvalue weighted by Crippen LogP contribution is -2.15. The molecule has 0 aromatic heterocycles. The predicted molar refractivity (Wildman–Crippen MR) is 68.3 cm³/mol. The van der Waals surface area contributed by atoms with E-state index in [1.807, 2.05) is 30.1 Å². The fourth-order valence-electron chi connectivity index (χ4n) is 1.70. The van der Waals surface area contributed by atoms with Gasteiger partial charge in [-0.05, 0) is 17.7 Å². The van der Waals surface area contributed by atoms with Crippen LogP contribution in [0.3, 0.4) is 0 Å². The molecule has 0 unspecified atom stereocenters. The van der Waals surface area contributed by atoms with Crippen molar-refractivity contribution >= 4 is 5.69 Å². The molecule has 3 nitrogen and oxygen atoms in total. The van der Waals surface area contributed by atoms with Crippen molar-refractivity contribution in [1.82, 2.24) is 0 Å². The number of anilines is 1. The van der Waals surface area contributed by atoms with Gasteiger partial charge in [0.05, 0.1) is 0 Å². The van der Waals surface area contributed by atoms with Gasteiger partial charge in [-0.25, -0.2) is 0 Å². The zero-order valence-corrected chi connectivity index (χ0v) is 9.67. The molecule has 0 fully saturated rings. The number of hydrogen-bond acceptors (Lipinski definition) is 3. The molecule has 0 aliphatic heterocycles. The maximum Gasteiger partial charge on any atom is 0.159 e. The summed E-state index contributed by atoms with van der Waals surface area (Å²) >= 11 is 0. The van der Waals surface area contributed by atoms with Gasteiger partial charge < -0.3 is 15.1 Å². The first-order valence-corrected chi connectivity index (χ1v) is 5.44. The molecule has 0 amide bonds. The van der Waals surface area contributed by atoms with Gasteiger partial charge in [0.25, 0.3) is 0 Å². The molecule has 0 aliphatic carbocycles. The van der Waals surface area contributed by atoms with E-state index in [0.717, 1.165) is 12.2 Å². The van der Waals surface area contributed by atoms with Crippen molar-refractivity contribution < 1.29 is 10.2 Å². The maximum absolute atomic E-state index is 9.44. The molecule has 0 saturated carbocycles. The molecule has 0 spiro atoms. The number of phenols is 2. The molecule has 0 saturated heterocycles. The number of nitrogens with zero attached hydrogens (tertiary/aromatic N) is 1. The van der Waals surface area contributed by atoms with Gasteiger partial charge in [-0.2, -0.15) is 0 Å². The second-order valence-electron chi connectivity index (χ2n) is 4.01. The van der Waals surface area contributed by atoms with Gasteiger partial charge in [0.1, 0.15) is 0 Å². The van der Waals surface area contributed by atoms with Crippen molar-refractivity contribution in [1.29, 1.82) is 0 Å². The first-order chi connectivity index (χ1) is 8.16. The van der Waals surface area contributed by atoms with Crippen molar-refractivity contribution in [2.45, 2.75) is 6.54 Å². The van der Waals surface area contributed by atoms with E-state index >= 15 is 0 Å². The van der Waals surface area contributed by atoms with E-state index in [4.69, 9.17) is 0 Å². The Bertz CT molecular complexity index is 497. The molecule has 0 bridgehead atoms. The Labute approximate surface area is 101 Å². The van der Waals surface area contributed by atoms with Crippen LogP contribution in [0.1, 0.15) is 5.56 Å². The first kappa shape index (κ1) is 11.3. The van der Waals surface area contributed by atoms with Gasteiger partial charge in [-0.15, -0.1) is 0 Å². The summed E-state index contributed by atoms with van der Waals surface area (Å²) in [5.74, 6) is -0.190. The molecule has 0 heterocycles. The first-order valence-electron chi connectivity index (χ1n) is 5.44. The average Bonchev–Trinajstić information content (AvgIpc) is 2.34. The van der Waals surface area contributed by atoms with Crippen molar-refractivity contribution in [3.63, 3.8) is 0 Å². The van der Waals surface area contributed by atoms with E-state index in [1.165, 1.54) is 11.6 Å². The molecule has 2 rings (SSSR count). The third kappa shape index (κ3) is 2.69. The molecule has 2 N–H and O–H groups in total. The highest BCUT2D eigenvalue weighted by atomic mass is 16.3. The van der Waals surface area contributed by atoms with Crippen LogP contribution < -0.4 is 4.90 Å². The molecule has 2 aromatic carbocycles. The summed E-state index contributed by atoms with van der Waals surface area (Å²) < 4.78 is 0. The van der Waals surface area contributed by atoms with Crippen molar-refractivity contribution in [3.05, 3.63) is 54.1 Å². The number of hydrogen-bond donors (Lipinski definition) is 2. The van der Waals surface area contributed by atoms with E-state index in [2.05, 4.69) is 12.1 Å². The fourth-order valence-corrected chi connectivity index (χ4v) is 1.70. The van der Waals surface area contributed by atoms with Crippen LogP contribution in [0.5, 0.6) is 11.5 Å². The Morgan fingerprint density at radius 1 is 0.941 bits per heavy atom. The quantitative estimate of drug-likeness (QED) is 0.795. The van der Waals surface area contributed by atoms with Crippen molar-refractivity contribution in [2.75, 3.05) is 11.9 Å². The Hall–Kier alpha value is -2.16. The molecular formula is C14H15NO2. The lowest BCUT2D eigenvalue weighted by atomic mass is 10.2. The van der Waals surface area contributed by atoms with E-state index in [-0.39, 0.29) is 11.5 Å². The Morgan fingerprint density at radius 3 is 2.29 bits per heavy atom. The normalized spacial score (nSPS) is 10.2. The third-order valence-corrected chi connectivity index (χ3v) is 2.66. The second kappa shape index (κ2) is 4.78. The maximum atomic E-state index is 9.44. The van der Waals surface area contributed by atoms with E-state index in [1.54, 1.807) is 12.1 Å². The summed E-state index contributed by atoms with van der Waals surface area (Å²) in [6, 6.07) is 14.9. The summed E-state index contributed by atoms with van der Waals surface area (Å²) in [4.78, 5) is 2.01. The molecule has 0 aliphatic rings. The van der Waals surface area contributed by atoms with Crippen LogP contribution >= 0.6 is 0 Å². The van der Waals surface area contributed by atoms with Crippen molar-refractivity contribution in [3.8, 4) is 11.5 Å². The Kier molecular flexibility index (Phi) is 3.19. The molecule has 0 atom stereocenters. The standard InChI is InChI=1S/C14H15NO2/c1-15(10-11-5-3-2-4-6-11)12-7-8-13(16)14(17)9-12/h2-9,16-17H,10H2,1H3. The smallest absolute Gasteiger partial charge is 0.159 e. The minimum atomic E-state index is -0.0955. The topological polar surface area (TPSA) is 43.7 Å². The number of phenolic OH excluding ortho intramolecular Hbond substituents is 2. The lowest BCUT2D eigenvalue weighted by Gasteiger charge is -2.19. The second-order valence-corrected chi connectivity index (χ2v) is 4.01. The monoisotopic (exact) mass is 229 g/mol. The Morgan fingerprint density at radius 2 is 1.65 bits per heavy atom. The largest absolute Gasteiger partial charge is 0.504 e. The van der Waals surface area contributed by atoms with E-state index in [9.17, 15) is 10.2 Å². The number of rotatable bonds is 3. The summed E-state index contributed by atoms with van der Waals surface area (Å²) in [5, 5.41) is 18.7. The minimum absolute atomic E-state index is 0.0950. The van der Waals surface area contributed by atoms with Crippen molar-refractivity contribution in [2.24, 2.45) is 0 Å². The zero-order valence-electron chi connectivity index (χ0n) is 9.67. The predicted octanol–water partition coefficient (Wildman–Crippen LogP) is 2.73. The van der Waals surface area contributed by atoms with Crippen LogP contribution in [0.15, 0.2) is 48.5 Å². The molecule has 17 heavy (non-hydrogen) atoms. The number of aromatic hydroxyl groups is 2. The van der Waals surface area contributed by atoms with Gasteiger partial charge in [0.2, 0.25) is 0 Å². The van der Waals surface area contributed by atoms with Crippen LogP contribution in [0, 0.1) is 0 Å². The average molecular weight is 229 g/mol. The SMILES string of the molecule is CN(Cc1ccccc1)c1ccc(O)c(O)c1. The summed E-state index contributed by atoms with van der Waals surface area (Å²) in [7, 11) is 1.94. The Balaban J connectivity index is 2.14. The van der Waals surface area contributed by atoms with Gasteiger partial charge >= 0.3 is 0 Å². The van der Waals surface area contributed by atoms with E-state index < -0.39 is 0 Å². The minimum Gasteiger partial charge on any atom is -0.504 e. The van der Waals surface area contributed by atoms with Gasteiger partial charge in [0.15, 0.2) is 11.5 Å². The van der Waals surface area contributed by atoms with E-state index in [0.29, 0.717) is 0 Å². The molecule has 88 valence electrons. The van der Waals surface area contributed by atoms with Crippen LogP contribution in [0.4, 0.5) is 5.69 Å². The summed E-state index contributed by atoms with van der Waals surface area (Å²) in [6.07, 6.45) is 0. The van der Waals surface area contributed by atoms with Crippen LogP contribution in [0.25, 0.3) is 0 Å². The highest BCUT2D eigenvalue weighted by Gasteiger charge is 2.05. The highest BCUT2D eigenvalue weighted by molar-refractivity contribution is 5.55. The van der Waals surface area contributed by atoms with Gasteiger partial charge in [-0.3, -0.25) is 0 Å². The molecular weight excluding hydrogens is 214 g/mol. The number of benzene rings is 2. The highest BCUT2D eigenvalue weighted by Crippen LogP contribution is 2.29. The summed E-state index contributed by atoms with van der Waals surface area (Å²) in [5.41, 5.74) is 2.06. The zero-order chi connectivity index (χ0) is 12.3. The lowest BCUT2D eigenvalue weighted by molar-refractivity contribution is 0.404. The van der Waals surface area contributed by atoms with Crippen LogP contribution in [-0.4, -0.2) is 17.3 Å². The third-order valence-electron chi connectivity index (χ3n) is 2.66. The summed E-state index contributed by atoms with van der Waals surface area (Å²) in [6.45, 7) is 0.755. The van der Waals surface area contributed by atoms with Crippen LogP contribution in [-0.2, 0) is 6.54 Å². The van der Waals surface area contributed by atoms with Gasteiger partial charge in [0, 0.05) is 25.3 Å². The molecule has 3 heteroatoms.